The van der Waals surface area contributed by atoms with E-state index in [0.29, 0.717) is 16.9 Å². The summed E-state index contributed by atoms with van der Waals surface area (Å²) in [6.07, 6.45) is 6.02. The molecule has 0 unspecified atom stereocenters. The predicted molar refractivity (Wildman–Crippen MR) is 143 cm³/mol. The van der Waals surface area contributed by atoms with Crippen LogP contribution in [0.5, 0.6) is 0 Å². The summed E-state index contributed by atoms with van der Waals surface area (Å²) in [5, 5.41) is 18.5. The Bertz CT molecular complexity index is 1470. The number of aliphatic hydroxyl groups excluding tert-OH is 1. The molecule has 0 amide bonds. The quantitative estimate of drug-likeness (QED) is 0.392. The number of piperidine rings is 1. The van der Waals surface area contributed by atoms with Gasteiger partial charge in [0.2, 0.25) is 0 Å². The number of anilines is 3. The SMILES string of the molecule is C[C@H](O)c1nc2c(N3CCCc4ncccc43)n[nH]c2nc1N1CCC2(CC1)Cc1ccccc1[C@H]2N. The monoisotopic (exact) mass is 496 g/mol. The molecule has 9 heteroatoms. The number of fused-ring (bicyclic) bond motifs is 3. The highest BCUT2D eigenvalue weighted by molar-refractivity contribution is 5.88. The van der Waals surface area contributed by atoms with Gasteiger partial charge in [-0.2, -0.15) is 5.10 Å². The maximum absolute atomic E-state index is 10.8. The van der Waals surface area contributed by atoms with Crippen molar-refractivity contribution in [2.24, 2.45) is 11.1 Å². The fraction of sp³-hybridized carbons (Fsp3) is 0.429. The Hall–Kier alpha value is -3.56. The number of aryl methyl sites for hydroxylation is 1. The van der Waals surface area contributed by atoms with Crippen molar-refractivity contribution in [3.05, 3.63) is 65.1 Å². The molecule has 2 aliphatic heterocycles. The first-order valence-electron chi connectivity index (χ1n) is 13.3. The highest BCUT2D eigenvalue weighted by atomic mass is 16.3. The molecule has 37 heavy (non-hydrogen) atoms. The first-order valence-corrected chi connectivity index (χ1v) is 13.3. The number of nitrogens with two attached hydrogens (primary N) is 1. The topological polar surface area (TPSA) is 120 Å². The molecule has 0 bridgehead atoms. The zero-order chi connectivity index (χ0) is 25.1. The summed E-state index contributed by atoms with van der Waals surface area (Å²) < 4.78 is 0. The van der Waals surface area contributed by atoms with Crippen molar-refractivity contribution in [1.29, 1.82) is 0 Å². The van der Waals surface area contributed by atoms with Gasteiger partial charge in [-0.05, 0) is 67.7 Å². The minimum atomic E-state index is -0.751. The average molecular weight is 497 g/mol. The van der Waals surface area contributed by atoms with E-state index in [-0.39, 0.29) is 11.5 Å². The van der Waals surface area contributed by atoms with Gasteiger partial charge in [-0.25, -0.2) is 9.97 Å². The number of hydrogen-bond acceptors (Lipinski definition) is 8. The van der Waals surface area contributed by atoms with E-state index in [1.165, 1.54) is 11.1 Å². The lowest BCUT2D eigenvalue weighted by Gasteiger charge is -2.43. The lowest BCUT2D eigenvalue weighted by atomic mass is 9.73. The zero-order valence-corrected chi connectivity index (χ0v) is 21.1. The molecule has 1 aliphatic carbocycles. The molecule has 1 saturated heterocycles. The van der Waals surface area contributed by atoms with Gasteiger partial charge in [-0.1, -0.05) is 24.3 Å². The summed E-state index contributed by atoms with van der Waals surface area (Å²) in [6.45, 7) is 4.25. The minimum Gasteiger partial charge on any atom is -0.387 e. The molecular formula is C28H32N8O. The summed E-state index contributed by atoms with van der Waals surface area (Å²) in [5.74, 6) is 1.47. The van der Waals surface area contributed by atoms with Gasteiger partial charge in [0, 0.05) is 31.9 Å². The molecule has 190 valence electrons. The molecule has 2 atom stereocenters. The Balaban J connectivity index is 1.21. The molecule has 0 saturated carbocycles. The van der Waals surface area contributed by atoms with E-state index >= 15 is 0 Å². The van der Waals surface area contributed by atoms with Gasteiger partial charge in [0.25, 0.3) is 0 Å². The van der Waals surface area contributed by atoms with E-state index in [2.05, 4.69) is 55.3 Å². The van der Waals surface area contributed by atoms with E-state index < -0.39 is 6.10 Å². The third-order valence-corrected chi connectivity index (χ3v) is 8.64. The first-order chi connectivity index (χ1) is 18.0. The van der Waals surface area contributed by atoms with Crippen LogP contribution in [0.15, 0.2) is 42.6 Å². The molecule has 0 radical (unpaired) electrons. The summed E-state index contributed by atoms with van der Waals surface area (Å²) >= 11 is 0. The largest absolute Gasteiger partial charge is 0.387 e. The molecule has 9 nitrogen and oxygen atoms in total. The number of aromatic nitrogens is 5. The Morgan fingerprint density at radius 3 is 2.73 bits per heavy atom. The van der Waals surface area contributed by atoms with Crippen LogP contribution in [0.3, 0.4) is 0 Å². The zero-order valence-electron chi connectivity index (χ0n) is 21.1. The summed E-state index contributed by atoms with van der Waals surface area (Å²) in [7, 11) is 0. The van der Waals surface area contributed by atoms with Crippen LogP contribution >= 0.6 is 0 Å². The van der Waals surface area contributed by atoms with E-state index in [1.54, 1.807) is 6.92 Å². The fourth-order valence-corrected chi connectivity index (χ4v) is 6.62. The maximum atomic E-state index is 10.8. The van der Waals surface area contributed by atoms with Gasteiger partial charge in [0.05, 0.1) is 17.5 Å². The highest BCUT2D eigenvalue weighted by Gasteiger charge is 2.46. The molecule has 4 N–H and O–H groups in total. The number of pyridine rings is 1. The Morgan fingerprint density at radius 1 is 1.08 bits per heavy atom. The molecule has 5 heterocycles. The third-order valence-electron chi connectivity index (χ3n) is 8.64. The van der Waals surface area contributed by atoms with Gasteiger partial charge in [0.15, 0.2) is 22.8 Å². The first kappa shape index (κ1) is 22.6. The summed E-state index contributed by atoms with van der Waals surface area (Å²) in [4.78, 5) is 18.9. The fourth-order valence-electron chi connectivity index (χ4n) is 6.62. The van der Waals surface area contributed by atoms with Gasteiger partial charge >= 0.3 is 0 Å². The number of aromatic amines is 1. The Morgan fingerprint density at radius 2 is 1.92 bits per heavy atom. The third kappa shape index (κ3) is 3.52. The number of hydrogen-bond donors (Lipinski definition) is 3. The molecule has 4 aromatic rings. The van der Waals surface area contributed by atoms with Crippen molar-refractivity contribution in [3.8, 4) is 0 Å². The van der Waals surface area contributed by atoms with Crippen molar-refractivity contribution in [2.75, 3.05) is 29.4 Å². The van der Waals surface area contributed by atoms with Crippen molar-refractivity contribution in [3.63, 3.8) is 0 Å². The van der Waals surface area contributed by atoms with Gasteiger partial charge < -0.3 is 20.6 Å². The Labute approximate surface area is 215 Å². The minimum absolute atomic E-state index is 0.0627. The second-order valence-corrected chi connectivity index (χ2v) is 10.8. The summed E-state index contributed by atoms with van der Waals surface area (Å²) in [5.41, 5.74) is 13.6. The molecule has 7 rings (SSSR count). The van der Waals surface area contributed by atoms with Crippen LogP contribution in [0.25, 0.3) is 11.2 Å². The van der Waals surface area contributed by atoms with Crippen LogP contribution in [-0.2, 0) is 12.8 Å². The van der Waals surface area contributed by atoms with E-state index in [0.717, 1.165) is 74.8 Å². The normalized spacial score (nSPS) is 21.3. The number of H-pyrrole nitrogens is 1. The number of rotatable bonds is 3. The number of nitrogens with one attached hydrogen (secondary N) is 1. The second kappa shape index (κ2) is 8.49. The van der Waals surface area contributed by atoms with Crippen molar-refractivity contribution < 1.29 is 5.11 Å². The Kier molecular flexibility index (Phi) is 5.19. The maximum Gasteiger partial charge on any atom is 0.183 e. The van der Waals surface area contributed by atoms with Crippen LogP contribution in [0, 0.1) is 5.41 Å². The van der Waals surface area contributed by atoms with E-state index in [9.17, 15) is 5.11 Å². The van der Waals surface area contributed by atoms with Crippen molar-refractivity contribution >= 4 is 28.5 Å². The van der Waals surface area contributed by atoms with Crippen LogP contribution < -0.4 is 15.5 Å². The smallest absolute Gasteiger partial charge is 0.183 e. The molecule has 1 aromatic carbocycles. The second-order valence-electron chi connectivity index (χ2n) is 10.8. The van der Waals surface area contributed by atoms with Gasteiger partial charge in [-0.15, -0.1) is 0 Å². The molecule has 1 spiro atoms. The van der Waals surface area contributed by atoms with Gasteiger partial charge in [0.1, 0.15) is 5.69 Å². The predicted octanol–water partition coefficient (Wildman–Crippen LogP) is 3.73. The molecule has 3 aliphatic rings. The van der Waals surface area contributed by atoms with Crippen molar-refractivity contribution in [1.82, 2.24) is 25.1 Å². The van der Waals surface area contributed by atoms with Crippen LogP contribution in [0.1, 0.15) is 60.8 Å². The number of benzene rings is 1. The number of nitrogens with zero attached hydrogens (tertiary/aromatic N) is 6. The number of aliphatic hydroxyl groups is 1. The standard InChI is InChI=1S/C28H32N8O/c1-17(37)22-26(35-14-10-28(11-15-35)16-18-6-2-3-7-19(18)24(28)29)32-25-23(31-22)27(34-33-25)36-13-5-8-20-21(36)9-4-12-30-20/h2-4,6-7,9,12,17,24,37H,5,8,10-11,13-16,29H2,1H3,(H,32,33,34)/t17-,24+/m0/s1. The summed E-state index contributed by atoms with van der Waals surface area (Å²) in [6, 6.07) is 12.7. The van der Waals surface area contributed by atoms with Gasteiger partial charge in [-0.3, -0.25) is 10.1 Å². The van der Waals surface area contributed by atoms with E-state index in [1.807, 2.05) is 12.3 Å². The average Bonchev–Trinajstić information content (AvgIpc) is 3.46. The molecular weight excluding hydrogens is 464 g/mol. The molecule has 3 aromatic heterocycles. The highest BCUT2D eigenvalue weighted by Crippen LogP contribution is 2.51. The van der Waals surface area contributed by atoms with Crippen LogP contribution in [-0.4, -0.2) is 49.9 Å². The molecule has 1 fully saturated rings. The lowest BCUT2D eigenvalue weighted by molar-refractivity contribution is 0.183. The van der Waals surface area contributed by atoms with Crippen LogP contribution in [0.2, 0.25) is 0 Å². The van der Waals surface area contributed by atoms with E-state index in [4.69, 9.17) is 15.7 Å². The lowest BCUT2D eigenvalue weighted by Crippen LogP contribution is -2.45. The van der Waals surface area contributed by atoms with Crippen LogP contribution in [0.4, 0.5) is 17.3 Å². The van der Waals surface area contributed by atoms with Crippen molar-refractivity contribution in [2.45, 2.75) is 51.2 Å².